The Morgan fingerprint density at radius 3 is 2.38 bits per heavy atom. The van der Waals surface area contributed by atoms with Gasteiger partial charge in [0, 0.05) is 30.2 Å². The van der Waals surface area contributed by atoms with E-state index in [4.69, 9.17) is 18.0 Å². The van der Waals surface area contributed by atoms with Crippen LogP contribution in [0.25, 0.3) is 0 Å². The number of benzene rings is 2. The number of thioether (sulfide) groups is 1. The molecule has 110 valence electrons. The van der Waals surface area contributed by atoms with Gasteiger partial charge in [-0.2, -0.15) is 0 Å². The molecule has 0 aliphatic heterocycles. The average Bonchev–Trinajstić information content (AvgIpc) is 2.47. The molecule has 3 nitrogen and oxygen atoms in total. The zero-order valence-corrected chi connectivity index (χ0v) is 14.0. The number of thiocarbonyl (C=S) groups is 1. The van der Waals surface area contributed by atoms with Crippen LogP contribution in [0.5, 0.6) is 0 Å². The van der Waals surface area contributed by atoms with E-state index in [9.17, 15) is 0 Å². The lowest BCUT2D eigenvalue weighted by atomic mass is 10.1. The molecule has 3 N–H and O–H groups in total. The third-order valence-corrected chi connectivity index (χ3v) is 4.13. The predicted octanol–water partition coefficient (Wildman–Crippen LogP) is 3.85. The molecule has 2 aromatic carbocycles. The summed E-state index contributed by atoms with van der Waals surface area (Å²) >= 11 is 6.86. The average molecular weight is 317 g/mol. The summed E-state index contributed by atoms with van der Waals surface area (Å²) in [6.45, 7) is 0. The normalized spacial score (nSPS) is 10.2. The van der Waals surface area contributed by atoms with E-state index in [-0.39, 0.29) is 0 Å². The molecule has 0 aromatic heterocycles. The second kappa shape index (κ2) is 6.83. The topological polar surface area (TPSA) is 41.3 Å². The maximum Gasteiger partial charge on any atom is 0.107 e. The highest BCUT2D eigenvalue weighted by Crippen LogP contribution is 2.32. The molecule has 2 aromatic rings. The van der Waals surface area contributed by atoms with E-state index < -0.39 is 0 Å². The molecule has 0 amide bonds. The van der Waals surface area contributed by atoms with Gasteiger partial charge in [-0.05, 0) is 30.5 Å². The molecule has 0 heterocycles. The summed E-state index contributed by atoms with van der Waals surface area (Å²) in [5, 5.41) is 3.46. The minimum atomic E-state index is 0.407. The molecular formula is C16H19N3S2. The van der Waals surface area contributed by atoms with Gasteiger partial charge in [0.25, 0.3) is 0 Å². The maximum absolute atomic E-state index is 5.91. The third kappa shape index (κ3) is 3.49. The fraction of sp³-hybridized carbons (Fsp3) is 0.188. The molecule has 21 heavy (non-hydrogen) atoms. The lowest BCUT2D eigenvalue weighted by Gasteiger charge is -2.20. The summed E-state index contributed by atoms with van der Waals surface area (Å²) in [7, 11) is 4.04. The highest BCUT2D eigenvalue weighted by atomic mass is 32.2. The quantitative estimate of drug-likeness (QED) is 0.647. The molecule has 0 saturated carbocycles. The molecule has 0 aliphatic rings. The van der Waals surface area contributed by atoms with Crippen LogP contribution >= 0.6 is 24.0 Å². The van der Waals surface area contributed by atoms with Crippen LogP contribution in [-0.4, -0.2) is 25.3 Å². The van der Waals surface area contributed by atoms with Gasteiger partial charge < -0.3 is 16.0 Å². The van der Waals surface area contributed by atoms with Gasteiger partial charge in [0.2, 0.25) is 0 Å². The van der Waals surface area contributed by atoms with E-state index in [1.807, 2.05) is 56.7 Å². The minimum absolute atomic E-state index is 0.407. The highest BCUT2D eigenvalue weighted by molar-refractivity contribution is 7.98. The number of nitrogens with one attached hydrogen (secondary N) is 1. The van der Waals surface area contributed by atoms with Gasteiger partial charge >= 0.3 is 0 Å². The van der Waals surface area contributed by atoms with Gasteiger partial charge in [-0.3, -0.25) is 0 Å². The van der Waals surface area contributed by atoms with Crippen LogP contribution in [0.15, 0.2) is 47.4 Å². The van der Waals surface area contributed by atoms with Crippen molar-refractivity contribution in [2.45, 2.75) is 4.90 Å². The molecule has 0 radical (unpaired) electrons. The molecular weight excluding hydrogens is 298 g/mol. The molecule has 5 heteroatoms. The Balaban J connectivity index is 2.48. The summed E-state index contributed by atoms with van der Waals surface area (Å²) in [5.41, 5.74) is 9.88. The number of rotatable bonds is 5. The third-order valence-electron chi connectivity index (χ3n) is 3.15. The molecule has 0 aliphatic carbocycles. The van der Waals surface area contributed by atoms with Crippen molar-refractivity contribution < 1.29 is 0 Å². The van der Waals surface area contributed by atoms with Gasteiger partial charge in [-0.1, -0.05) is 30.4 Å². The second-order valence-corrected chi connectivity index (χ2v) is 6.07. The van der Waals surface area contributed by atoms with Crippen LogP contribution in [-0.2, 0) is 0 Å². The van der Waals surface area contributed by atoms with Crippen LogP contribution in [0.3, 0.4) is 0 Å². The molecule has 0 unspecified atom stereocenters. The number of hydrogen-bond acceptors (Lipinski definition) is 4. The maximum atomic E-state index is 5.91. The Kier molecular flexibility index (Phi) is 5.09. The summed E-state index contributed by atoms with van der Waals surface area (Å²) < 4.78 is 0. The van der Waals surface area contributed by atoms with Gasteiger partial charge in [-0.25, -0.2) is 0 Å². The van der Waals surface area contributed by atoms with Crippen LogP contribution in [0.2, 0.25) is 0 Å². The fourth-order valence-electron chi connectivity index (χ4n) is 2.17. The zero-order valence-electron chi connectivity index (χ0n) is 12.4. The molecule has 0 saturated heterocycles. The Morgan fingerprint density at radius 2 is 1.76 bits per heavy atom. The van der Waals surface area contributed by atoms with E-state index in [1.54, 1.807) is 11.8 Å². The van der Waals surface area contributed by atoms with Crippen molar-refractivity contribution in [1.82, 2.24) is 0 Å². The Labute approximate surface area is 135 Å². The lowest BCUT2D eigenvalue weighted by Crippen LogP contribution is -2.15. The molecule has 0 fully saturated rings. The van der Waals surface area contributed by atoms with Crippen molar-refractivity contribution in [2.24, 2.45) is 5.73 Å². The van der Waals surface area contributed by atoms with Crippen molar-refractivity contribution in [3.05, 3.63) is 48.0 Å². The number of para-hydroxylation sites is 2. The molecule has 2 rings (SSSR count). The lowest BCUT2D eigenvalue weighted by molar-refractivity contribution is 1.13. The fourth-order valence-corrected chi connectivity index (χ4v) is 3.10. The van der Waals surface area contributed by atoms with Gasteiger partial charge in [0.1, 0.15) is 4.99 Å². The standard InChI is InChI=1S/C16H19N3S2/c1-19(2)13-9-5-4-7-11(13)18-12-8-6-10-14(21-3)15(12)16(17)20/h4-10,18H,1-3H3,(H2,17,20). The van der Waals surface area contributed by atoms with E-state index in [1.165, 1.54) is 0 Å². The number of nitrogens with zero attached hydrogens (tertiary/aromatic N) is 1. The van der Waals surface area contributed by atoms with E-state index in [0.29, 0.717) is 4.99 Å². The Hall–Kier alpha value is -1.72. The van der Waals surface area contributed by atoms with Gasteiger partial charge in [-0.15, -0.1) is 11.8 Å². The highest BCUT2D eigenvalue weighted by Gasteiger charge is 2.12. The van der Waals surface area contributed by atoms with Crippen molar-refractivity contribution >= 4 is 46.0 Å². The summed E-state index contributed by atoms with van der Waals surface area (Å²) in [5.74, 6) is 0. The summed E-state index contributed by atoms with van der Waals surface area (Å²) in [4.78, 5) is 3.56. The zero-order chi connectivity index (χ0) is 15.4. The van der Waals surface area contributed by atoms with Gasteiger partial charge in [0.05, 0.1) is 11.4 Å². The second-order valence-electron chi connectivity index (χ2n) is 4.78. The largest absolute Gasteiger partial charge is 0.389 e. The van der Waals surface area contributed by atoms with Crippen molar-refractivity contribution in [1.29, 1.82) is 0 Å². The first-order valence-corrected chi connectivity index (χ1v) is 8.18. The van der Waals surface area contributed by atoms with Crippen LogP contribution < -0.4 is 16.0 Å². The SMILES string of the molecule is CSc1cccc(Nc2ccccc2N(C)C)c1C(N)=S. The van der Waals surface area contributed by atoms with E-state index in [0.717, 1.165) is 27.5 Å². The minimum Gasteiger partial charge on any atom is -0.389 e. The summed E-state index contributed by atoms with van der Waals surface area (Å²) in [6.07, 6.45) is 2.02. The van der Waals surface area contributed by atoms with Crippen molar-refractivity contribution in [2.75, 3.05) is 30.6 Å². The van der Waals surface area contributed by atoms with Crippen molar-refractivity contribution in [3.63, 3.8) is 0 Å². The predicted molar refractivity (Wildman–Crippen MR) is 98.2 cm³/mol. The van der Waals surface area contributed by atoms with Crippen LogP contribution in [0, 0.1) is 0 Å². The molecule has 0 atom stereocenters. The Morgan fingerprint density at radius 1 is 1.10 bits per heavy atom. The first kappa shape index (κ1) is 15.7. The van der Waals surface area contributed by atoms with E-state index in [2.05, 4.69) is 16.3 Å². The van der Waals surface area contributed by atoms with Crippen molar-refractivity contribution in [3.8, 4) is 0 Å². The van der Waals surface area contributed by atoms with Crippen LogP contribution in [0.4, 0.5) is 17.1 Å². The first-order chi connectivity index (χ1) is 10.0. The number of anilines is 3. The first-order valence-electron chi connectivity index (χ1n) is 6.54. The van der Waals surface area contributed by atoms with Crippen LogP contribution in [0.1, 0.15) is 5.56 Å². The monoisotopic (exact) mass is 317 g/mol. The molecule has 0 bridgehead atoms. The molecule has 0 spiro atoms. The van der Waals surface area contributed by atoms with E-state index >= 15 is 0 Å². The Bertz CT molecular complexity index is 654. The summed E-state index contributed by atoms with van der Waals surface area (Å²) in [6, 6.07) is 14.2. The smallest absolute Gasteiger partial charge is 0.107 e. The number of hydrogen-bond donors (Lipinski definition) is 2. The van der Waals surface area contributed by atoms with Gasteiger partial charge in [0.15, 0.2) is 0 Å². The number of nitrogens with two attached hydrogens (primary N) is 1.